The maximum atomic E-state index is 11.8. The molecule has 0 bridgehead atoms. The van der Waals surface area contributed by atoms with Crippen LogP contribution in [0.4, 0.5) is 5.69 Å². The molecule has 1 aliphatic rings. The Morgan fingerprint density at radius 1 is 1.17 bits per heavy atom. The lowest BCUT2D eigenvalue weighted by atomic mass is 10.1. The fourth-order valence-corrected chi connectivity index (χ4v) is 2.36. The maximum absolute atomic E-state index is 11.8. The molecule has 2 aromatic rings. The zero-order chi connectivity index (χ0) is 12.4. The Kier molecular flexibility index (Phi) is 3.02. The molecule has 18 heavy (non-hydrogen) atoms. The summed E-state index contributed by atoms with van der Waals surface area (Å²) in [6, 6.07) is 7.57. The van der Waals surface area contributed by atoms with E-state index in [1.54, 1.807) is 12.3 Å². The predicted molar refractivity (Wildman–Crippen MR) is 72.2 cm³/mol. The van der Waals surface area contributed by atoms with Crippen LogP contribution in [0.3, 0.4) is 0 Å². The van der Waals surface area contributed by atoms with Gasteiger partial charge in [0.15, 0.2) is 5.43 Å². The summed E-state index contributed by atoms with van der Waals surface area (Å²) in [7, 11) is 0. The van der Waals surface area contributed by atoms with Gasteiger partial charge in [-0.05, 0) is 24.6 Å². The number of rotatable bonds is 1. The lowest BCUT2D eigenvalue weighted by molar-refractivity contribution is 0.152. The van der Waals surface area contributed by atoms with Crippen LogP contribution in [0.2, 0.25) is 0 Å². The zero-order valence-corrected chi connectivity index (χ0v) is 10.2. The summed E-state index contributed by atoms with van der Waals surface area (Å²) >= 11 is 0. The van der Waals surface area contributed by atoms with Crippen LogP contribution in [-0.4, -0.2) is 31.3 Å². The van der Waals surface area contributed by atoms with Gasteiger partial charge in [-0.3, -0.25) is 4.79 Å². The highest BCUT2D eigenvalue weighted by Crippen LogP contribution is 2.19. The second kappa shape index (κ2) is 4.82. The quantitative estimate of drug-likeness (QED) is 0.831. The van der Waals surface area contributed by atoms with Crippen molar-refractivity contribution < 1.29 is 4.74 Å². The second-order valence-electron chi connectivity index (χ2n) is 4.52. The van der Waals surface area contributed by atoms with Crippen LogP contribution in [0, 0.1) is 0 Å². The molecule has 3 rings (SSSR count). The average molecular weight is 244 g/mol. The third-order valence-corrected chi connectivity index (χ3v) is 3.33. The summed E-state index contributed by atoms with van der Waals surface area (Å²) in [5.74, 6) is 0. The Balaban J connectivity index is 2.01. The first-order valence-electron chi connectivity index (χ1n) is 6.29. The van der Waals surface area contributed by atoms with Gasteiger partial charge >= 0.3 is 0 Å². The van der Waals surface area contributed by atoms with E-state index in [9.17, 15) is 4.79 Å². The van der Waals surface area contributed by atoms with Gasteiger partial charge in [-0.1, -0.05) is 0 Å². The number of H-pyrrole nitrogens is 1. The average Bonchev–Trinajstić information content (AvgIpc) is 2.68. The van der Waals surface area contributed by atoms with E-state index < -0.39 is 0 Å². The highest BCUT2D eigenvalue weighted by molar-refractivity contribution is 5.82. The number of aromatic amines is 1. The van der Waals surface area contributed by atoms with Crippen molar-refractivity contribution in [3.05, 3.63) is 40.7 Å². The summed E-state index contributed by atoms with van der Waals surface area (Å²) in [6.45, 7) is 3.44. The standard InChI is InChI=1S/C14H16N2O2/c17-14-4-5-15-13-3-2-11(10-12(13)14)16-6-1-8-18-9-7-16/h2-5,10H,1,6-9H2,(H,15,17). The number of aromatic nitrogens is 1. The van der Waals surface area contributed by atoms with E-state index in [1.807, 2.05) is 12.1 Å². The van der Waals surface area contributed by atoms with Gasteiger partial charge in [0.05, 0.1) is 6.61 Å². The Bertz CT molecular complexity index is 598. The van der Waals surface area contributed by atoms with Crippen molar-refractivity contribution in [1.29, 1.82) is 0 Å². The van der Waals surface area contributed by atoms with Gasteiger partial charge in [0.1, 0.15) is 0 Å². The number of pyridine rings is 1. The van der Waals surface area contributed by atoms with E-state index >= 15 is 0 Å². The molecule has 0 spiro atoms. The molecule has 0 aliphatic carbocycles. The van der Waals surface area contributed by atoms with E-state index in [0.29, 0.717) is 0 Å². The minimum atomic E-state index is 0.0664. The number of hydrogen-bond acceptors (Lipinski definition) is 3. The third kappa shape index (κ3) is 2.11. The molecule has 4 nitrogen and oxygen atoms in total. The second-order valence-corrected chi connectivity index (χ2v) is 4.52. The van der Waals surface area contributed by atoms with Crippen LogP contribution < -0.4 is 10.3 Å². The predicted octanol–water partition coefficient (Wildman–Crippen LogP) is 1.75. The Hall–Kier alpha value is -1.81. The van der Waals surface area contributed by atoms with Crippen molar-refractivity contribution in [3.8, 4) is 0 Å². The van der Waals surface area contributed by atoms with Crippen molar-refractivity contribution in [2.45, 2.75) is 6.42 Å². The van der Waals surface area contributed by atoms with Crippen molar-refractivity contribution in [2.75, 3.05) is 31.2 Å². The maximum Gasteiger partial charge on any atom is 0.189 e. The lowest BCUT2D eigenvalue weighted by Crippen LogP contribution is -2.25. The van der Waals surface area contributed by atoms with Gasteiger partial charge in [-0.15, -0.1) is 0 Å². The van der Waals surface area contributed by atoms with Crippen LogP contribution in [0.25, 0.3) is 10.9 Å². The largest absolute Gasteiger partial charge is 0.380 e. The fraction of sp³-hybridized carbons (Fsp3) is 0.357. The molecule has 1 saturated heterocycles. The molecule has 0 unspecified atom stereocenters. The SMILES string of the molecule is O=c1cc[nH]c2ccc(N3CCCOCC3)cc12. The number of fused-ring (bicyclic) bond motifs is 1. The Labute approximate surface area is 105 Å². The highest BCUT2D eigenvalue weighted by atomic mass is 16.5. The van der Waals surface area contributed by atoms with Gasteiger partial charge < -0.3 is 14.6 Å². The number of ether oxygens (including phenoxy) is 1. The van der Waals surface area contributed by atoms with Crippen LogP contribution in [0.1, 0.15) is 6.42 Å². The van der Waals surface area contributed by atoms with Crippen LogP contribution in [-0.2, 0) is 4.74 Å². The van der Waals surface area contributed by atoms with Gasteiger partial charge in [0.2, 0.25) is 0 Å². The molecule has 0 saturated carbocycles. The summed E-state index contributed by atoms with van der Waals surface area (Å²) < 4.78 is 5.45. The highest BCUT2D eigenvalue weighted by Gasteiger charge is 2.10. The Morgan fingerprint density at radius 3 is 3.06 bits per heavy atom. The first-order valence-corrected chi connectivity index (χ1v) is 6.29. The van der Waals surface area contributed by atoms with Crippen LogP contribution in [0.5, 0.6) is 0 Å². The normalized spacial score (nSPS) is 16.8. The van der Waals surface area contributed by atoms with Crippen LogP contribution >= 0.6 is 0 Å². The zero-order valence-electron chi connectivity index (χ0n) is 10.2. The van der Waals surface area contributed by atoms with Crippen molar-refractivity contribution in [1.82, 2.24) is 4.98 Å². The van der Waals surface area contributed by atoms with Crippen molar-refractivity contribution in [2.24, 2.45) is 0 Å². The minimum Gasteiger partial charge on any atom is -0.380 e. The monoisotopic (exact) mass is 244 g/mol. The summed E-state index contributed by atoms with van der Waals surface area (Å²) in [6.07, 6.45) is 2.72. The molecule has 1 aromatic heterocycles. The summed E-state index contributed by atoms with van der Waals surface area (Å²) in [4.78, 5) is 17.2. The van der Waals surface area contributed by atoms with E-state index in [1.165, 1.54) is 0 Å². The van der Waals surface area contributed by atoms with E-state index in [-0.39, 0.29) is 5.43 Å². The van der Waals surface area contributed by atoms with Gasteiger partial charge in [0, 0.05) is 48.5 Å². The van der Waals surface area contributed by atoms with E-state index in [2.05, 4.69) is 16.0 Å². The molecular weight excluding hydrogens is 228 g/mol. The molecule has 1 fully saturated rings. The first-order chi connectivity index (χ1) is 8.84. The molecule has 4 heteroatoms. The number of anilines is 1. The van der Waals surface area contributed by atoms with E-state index in [4.69, 9.17) is 4.74 Å². The molecule has 0 atom stereocenters. The van der Waals surface area contributed by atoms with Crippen molar-refractivity contribution >= 4 is 16.6 Å². The Morgan fingerprint density at radius 2 is 2.11 bits per heavy atom. The molecule has 94 valence electrons. The first kappa shape index (κ1) is 11.3. The molecule has 2 heterocycles. The molecular formula is C14H16N2O2. The molecule has 0 amide bonds. The number of benzene rings is 1. The topological polar surface area (TPSA) is 45.3 Å². The van der Waals surface area contributed by atoms with Gasteiger partial charge in [0.25, 0.3) is 0 Å². The molecule has 1 N–H and O–H groups in total. The summed E-state index contributed by atoms with van der Waals surface area (Å²) in [5, 5.41) is 0.750. The van der Waals surface area contributed by atoms with Crippen LogP contribution in [0.15, 0.2) is 35.3 Å². The van der Waals surface area contributed by atoms with Crippen molar-refractivity contribution in [3.63, 3.8) is 0 Å². The fourth-order valence-electron chi connectivity index (χ4n) is 2.36. The van der Waals surface area contributed by atoms with Gasteiger partial charge in [-0.2, -0.15) is 0 Å². The van der Waals surface area contributed by atoms with E-state index in [0.717, 1.165) is 49.3 Å². The minimum absolute atomic E-state index is 0.0664. The lowest BCUT2D eigenvalue weighted by Gasteiger charge is -2.22. The summed E-state index contributed by atoms with van der Waals surface area (Å²) in [5.41, 5.74) is 2.05. The molecule has 0 radical (unpaired) electrons. The molecule has 1 aliphatic heterocycles. The smallest absolute Gasteiger partial charge is 0.189 e. The number of nitrogens with zero attached hydrogens (tertiary/aromatic N) is 1. The number of hydrogen-bond donors (Lipinski definition) is 1. The third-order valence-electron chi connectivity index (χ3n) is 3.33. The van der Waals surface area contributed by atoms with Gasteiger partial charge in [-0.25, -0.2) is 0 Å². The molecule has 1 aromatic carbocycles. The number of nitrogens with one attached hydrogen (secondary N) is 1.